The Morgan fingerprint density at radius 3 is 2.33 bits per heavy atom. The van der Waals surface area contributed by atoms with Gasteiger partial charge < -0.3 is 9.84 Å². The van der Waals surface area contributed by atoms with Crippen molar-refractivity contribution in [2.75, 3.05) is 13.7 Å². The van der Waals surface area contributed by atoms with E-state index in [4.69, 9.17) is 4.74 Å². The molecule has 0 aliphatic rings. The summed E-state index contributed by atoms with van der Waals surface area (Å²) in [5, 5.41) is 10.5. The standard InChI is InChI=1S/C13H20O2/c1-11(2)9-13(14,10-15-3)12-7-5-4-6-8-12/h4-8,11,14H,9-10H2,1-3H3. The lowest BCUT2D eigenvalue weighted by atomic mass is 9.86. The Bertz CT molecular complexity index is 282. The molecule has 0 aliphatic heterocycles. The van der Waals surface area contributed by atoms with Gasteiger partial charge in [-0.25, -0.2) is 0 Å². The maximum absolute atomic E-state index is 10.5. The topological polar surface area (TPSA) is 29.5 Å². The van der Waals surface area contributed by atoms with Gasteiger partial charge in [0.1, 0.15) is 5.60 Å². The molecule has 0 radical (unpaired) electrons. The van der Waals surface area contributed by atoms with Crippen LogP contribution in [-0.4, -0.2) is 18.8 Å². The minimum Gasteiger partial charge on any atom is -0.383 e. The fourth-order valence-electron chi connectivity index (χ4n) is 1.92. The minimum atomic E-state index is -0.857. The molecule has 0 saturated carbocycles. The van der Waals surface area contributed by atoms with Gasteiger partial charge in [0, 0.05) is 7.11 Å². The van der Waals surface area contributed by atoms with Gasteiger partial charge in [-0.2, -0.15) is 0 Å². The number of benzene rings is 1. The summed E-state index contributed by atoms with van der Waals surface area (Å²) in [7, 11) is 1.62. The maximum Gasteiger partial charge on any atom is 0.113 e. The highest BCUT2D eigenvalue weighted by atomic mass is 16.5. The highest BCUT2D eigenvalue weighted by Crippen LogP contribution is 2.28. The maximum atomic E-state index is 10.5. The van der Waals surface area contributed by atoms with E-state index in [1.165, 1.54) is 0 Å². The van der Waals surface area contributed by atoms with Crippen molar-refractivity contribution in [1.82, 2.24) is 0 Å². The lowest BCUT2D eigenvalue weighted by Crippen LogP contribution is -2.32. The summed E-state index contributed by atoms with van der Waals surface area (Å²) in [5.41, 5.74) is 0.0741. The van der Waals surface area contributed by atoms with E-state index >= 15 is 0 Å². The monoisotopic (exact) mass is 208 g/mol. The van der Waals surface area contributed by atoms with E-state index in [2.05, 4.69) is 13.8 Å². The summed E-state index contributed by atoms with van der Waals surface area (Å²) in [4.78, 5) is 0. The van der Waals surface area contributed by atoms with Crippen LogP contribution in [0.5, 0.6) is 0 Å². The van der Waals surface area contributed by atoms with Gasteiger partial charge in [-0.3, -0.25) is 0 Å². The highest BCUT2D eigenvalue weighted by molar-refractivity contribution is 5.22. The average Bonchev–Trinajstić information content (AvgIpc) is 2.18. The first kappa shape index (κ1) is 12.2. The third kappa shape index (κ3) is 3.33. The van der Waals surface area contributed by atoms with E-state index in [9.17, 15) is 5.11 Å². The van der Waals surface area contributed by atoms with E-state index in [0.717, 1.165) is 5.56 Å². The van der Waals surface area contributed by atoms with Gasteiger partial charge in [0.05, 0.1) is 6.61 Å². The molecular weight excluding hydrogens is 188 g/mol. The zero-order chi connectivity index (χ0) is 11.3. The predicted octanol–water partition coefficient (Wildman–Crippen LogP) is 2.57. The number of ether oxygens (including phenoxy) is 1. The Morgan fingerprint density at radius 2 is 1.87 bits per heavy atom. The van der Waals surface area contributed by atoms with Crippen LogP contribution >= 0.6 is 0 Å². The van der Waals surface area contributed by atoms with Crippen LogP contribution < -0.4 is 0 Å². The van der Waals surface area contributed by atoms with Gasteiger partial charge in [-0.15, -0.1) is 0 Å². The van der Waals surface area contributed by atoms with Gasteiger partial charge in [0.25, 0.3) is 0 Å². The van der Waals surface area contributed by atoms with Crippen LogP contribution in [0.2, 0.25) is 0 Å². The van der Waals surface area contributed by atoms with Crippen molar-refractivity contribution in [1.29, 1.82) is 0 Å². The van der Waals surface area contributed by atoms with Crippen LogP contribution in [-0.2, 0) is 10.3 Å². The molecule has 1 rings (SSSR count). The van der Waals surface area contributed by atoms with Crippen LogP contribution in [0.15, 0.2) is 30.3 Å². The van der Waals surface area contributed by atoms with Gasteiger partial charge >= 0.3 is 0 Å². The average molecular weight is 208 g/mol. The summed E-state index contributed by atoms with van der Waals surface area (Å²) < 4.78 is 5.11. The largest absolute Gasteiger partial charge is 0.383 e. The molecule has 0 heterocycles. The second kappa shape index (κ2) is 5.29. The van der Waals surface area contributed by atoms with Crippen LogP contribution in [0.1, 0.15) is 25.8 Å². The fraction of sp³-hybridized carbons (Fsp3) is 0.538. The summed E-state index contributed by atoms with van der Waals surface area (Å²) in [6.45, 7) is 4.54. The van der Waals surface area contributed by atoms with E-state index in [0.29, 0.717) is 18.9 Å². The van der Waals surface area contributed by atoms with Gasteiger partial charge in [0.15, 0.2) is 0 Å². The SMILES string of the molecule is COCC(O)(CC(C)C)c1ccccc1. The second-order valence-corrected chi connectivity index (χ2v) is 4.43. The van der Waals surface area contributed by atoms with Crippen LogP contribution in [0.3, 0.4) is 0 Å². The number of aliphatic hydroxyl groups is 1. The number of rotatable bonds is 5. The molecule has 0 bridgehead atoms. The van der Waals surface area contributed by atoms with Crippen LogP contribution in [0.25, 0.3) is 0 Å². The van der Waals surface area contributed by atoms with E-state index < -0.39 is 5.60 Å². The van der Waals surface area contributed by atoms with Crippen molar-refractivity contribution in [3.8, 4) is 0 Å². The van der Waals surface area contributed by atoms with Crippen molar-refractivity contribution in [2.24, 2.45) is 5.92 Å². The van der Waals surface area contributed by atoms with Crippen LogP contribution in [0, 0.1) is 5.92 Å². The number of methoxy groups -OCH3 is 1. The molecule has 0 saturated heterocycles. The molecule has 15 heavy (non-hydrogen) atoms. The number of hydrogen-bond acceptors (Lipinski definition) is 2. The van der Waals surface area contributed by atoms with Gasteiger partial charge in [0.2, 0.25) is 0 Å². The second-order valence-electron chi connectivity index (χ2n) is 4.43. The molecule has 1 unspecified atom stereocenters. The molecule has 2 heteroatoms. The zero-order valence-electron chi connectivity index (χ0n) is 9.73. The number of hydrogen-bond donors (Lipinski definition) is 1. The van der Waals surface area contributed by atoms with Crippen molar-refractivity contribution in [3.63, 3.8) is 0 Å². The molecule has 0 spiro atoms. The molecule has 1 N–H and O–H groups in total. The van der Waals surface area contributed by atoms with E-state index in [-0.39, 0.29) is 0 Å². The smallest absolute Gasteiger partial charge is 0.113 e. The van der Waals surface area contributed by atoms with Crippen molar-refractivity contribution < 1.29 is 9.84 Å². The lowest BCUT2D eigenvalue weighted by molar-refractivity contribution is -0.0501. The third-order valence-electron chi connectivity index (χ3n) is 2.44. The van der Waals surface area contributed by atoms with Gasteiger partial charge in [-0.05, 0) is 17.9 Å². The van der Waals surface area contributed by atoms with Crippen molar-refractivity contribution >= 4 is 0 Å². The lowest BCUT2D eigenvalue weighted by Gasteiger charge is -2.29. The molecule has 2 nitrogen and oxygen atoms in total. The Hall–Kier alpha value is -0.860. The Kier molecular flexibility index (Phi) is 4.30. The first-order chi connectivity index (χ1) is 7.08. The molecule has 0 aromatic heterocycles. The third-order valence-corrected chi connectivity index (χ3v) is 2.44. The summed E-state index contributed by atoms with van der Waals surface area (Å²) in [6.07, 6.45) is 0.713. The van der Waals surface area contributed by atoms with E-state index in [1.807, 2.05) is 30.3 Å². The minimum absolute atomic E-state index is 0.342. The molecule has 0 fully saturated rings. The predicted molar refractivity (Wildman–Crippen MR) is 61.7 cm³/mol. The molecule has 84 valence electrons. The molecule has 1 aromatic rings. The summed E-state index contributed by atoms with van der Waals surface area (Å²) >= 11 is 0. The molecule has 0 aliphatic carbocycles. The highest BCUT2D eigenvalue weighted by Gasteiger charge is 2.29. The molecule has 1 atom stereocenters. The Morgan fingerprint density at radius 1 is 1.27 bits per heavy atom. The fourth-order valence-corrected chi connectivity index (χ4v) is 1.92. The molecule has 1 aromatic carbocycles. The first-order valence-electron chi connectivity index (χ1n) is 5.35. The van der Waals surface area contributed by atoms with Crippen molar-refractivity contribution in [3.05, 3.63) is 35.9 Å². The van der Waals surface area contributed by atoms with Crippen LogP contribution in [0.4, 0.5) is 0 Å². The summed E-state index contributed by atoms with van der Waals surface area (Å²) in [6, 6.07) is 9.72. The summed E-state index contributed by atoms with van der Waals surface area (Å²) in [5.74, 6) is 0.436. The molecular formula is C13H20O2. The molecule has 0 amide bonds. The Labute approximate surface area is 91.9 Å². The first-order valence-corrected chi connectivity index (χ1v) is 5.35. The normalized spacial score (nSPS) is 15.3. The van der Waals surface area contributed by atoms with E-state index in [1.54, 1.807) is 7.11 Å². The van der Waals surface area contributed by atoms with Crippen molar-refractivity contribution in [2.45, 2.75) is 25.9 Å². The zero-order valence-corrected chi connectivity index (χ0v) is 9.73. The van der Waals surface area contributed by atoms with Gasteiger partial charge in [-0.1, -0.05) is 44.2 Å². The quantitative estimate of drug-likeness (QED) is 0.806. The Balaban J connectivity index is 2.90.